The summed E-state index contributed by atoms with van der Waals surface area (Å²) < 4.78 is 5.54. The van der Waals surface area contributed by atoms with E-state index in [9.17, 15) is 0 Å². The molecule has 1 aliphatic rings. The zero-order valence-electron chi connectivity index (χ0n) is 13.3. The van der Waals surface area contributed by atoms with Crippen LogP contribution in [0, 0.1) is 0 Å². The summed E-state index contributed by atoms with van der Waals surface area (Å²) >= 11 is 0. The molecule has 0 aromatic heterocycles. The van der Waals surface area contributed by atoms with Gasteiger partial charge in [0.15, 0.2) is 0 Å². The highest BCUT2D eigenvalue weighted by Gasteiger charge is 2.33. The van der Waals surface area contributed by atoms with Crippen LogP contribution in [0.3, 0.4) is 0 Å². The van der Waals surface area contributed by atoms with E-state index in [2.05, 4.69) is 18.7 Å². The fourth-order valence-corrected chi connectivity index (χ4v) is 3.12. The molecular formula is C16H34N2O. The summed E-state index contributed by atoms with van der Waals surface area (Å²) in [5.74, 6) is 0. The Kier molecular flexibility index (Phi) is 7.96. The van der Waals surface area contributed by atoms with Gasteiger partial charge in [0.05, 0.1) is 6.10 Å². The Balaban J connectivity index is 2.39. The standard InChI is InChI=1S/C16H34N2O/c1-4-5-6-7-8-11-16(2,14-17)18-12-9-10-15(13-18)19-3/h15H,4-14,17H2,1-3H3. The highest BCUT2D eigenvalue weighted by molar-refractivity contribution is 4.90. The van der Waals surface area contributed by atoms with Crippen molar-refractivity contribution < 1.29 is 4.74 Å². The predicted octanol–water partition coefficient (Wildman–Crippen LogP) is 3.18. The molecular weight excluding hydrogens is 236 g/mol. The van der Waals surface area contributed by atoms with Crippen molar-refractivity contribution >= 4 is 0 Å². The molecule has 1 heterocycles. The Morgan fingerprint density at radius 2 is 2.00 bits per heavy atom. The van der Waals surface area contributed by atoms with Crippen molar-refractivity contribution in [2.24, 2.45) is 5.73 Å². The van der Waals surface area contributed by atoms with E-state index in [1.807, 2.05) is 7.11 Å². The molecule has 19 heavy (non-hydrogen) atoms. The first-order valence-corrected chi connectivity index (χ1v) is 8.14. The van der Waals surface area contributed by atoms with Gasteiger partial charge in [0.2, 0.25) is 0 Å². The highest BCUT2D eigenvalue weighted by Crippen LogP contribution is 2.26. The van der Waals surface area contributed by atoms with E-state index >= 15 is 0 Å². The first-order chi connectivity index (χ1) is 9.16. The van der Waals surface area contributed by atoms with E-state index in [-0.39, 0.29) is 5.54 Å². The number of hydrogen-bond acceptors (Lipinski definition) is 3. The zero-order chi connectivity index (χ0) is 14.1. The van der Waals surface area contributed by atoms with E-state index in [4.69, 9.17) is 10.5 Å². The average Bonchev–Trinajstić information content (AvgIpc) is 2.47. The van der Waals surface area contributed by atoms with Gasteiger partial charge in [-0.1, -0.05) is 39.0 Å². The first kappa shape index (κ1) is 16.9. The maximum atomic E-state index is 6.08. The second-order valence-corrected chi connectivity index (χ2v) is 6.31. The van der Waals surface area contributed by atoms with Crippen molar-refractivity contribution in [3.63, 3.8) is 0 Å². The van der Waals surface area contributed by atoms with Crippen LogP contribution in [-0.4, -0.2) is 43.3 Å². The lowest BCUT2D eigenvalue weighted by Crippen LogP contribution is -2.56. The molecule has 2 unspecified atom stereocenters. The number of hydrogen-bond donors (Lipinski definition) is 1. The fourth-order valence-electron chi connectivity index (χ4n) is 3.12. The summed E-state index contributed by atoms with van der Waals surface area (Å²) in [6, 6.07) is 0. The van der Waals surface area contributed by atoms with Crippen LogP contribution in [0.2, 0.25) is 0 Å². The van der Waals surface area contributed by atoms with Gasteiger partial charge in [-0.15, -0.1) is 0 Å². The zero-order valence-corrected chi connectivity index (χ0v) is 13.3. The average molecular weight is 270 g/mol. The van der Waals surface area contributed by atoms with E-state index in [1.54, 1.807) is 0 Å². The SMILES string of the molecule is CCCCCCCC(C)(CN)N1CCCC(OC)C1. The van der Waals surface area contributed by atoms with Crippen LogP contribution in [-0.2, 0) is 4.74 Å². The van der Waals surface area contributed by atoms with E-state index in [0.29, 0.717) is 6.10 Å². The summed E-state index contributed by atoms with van der Waals surface area (Å²) in [5.41, 5.74) is 6.25. The molecule has 2 atom stereocenters. The van der Waals surface area contributed by atoms with Crippen LogP contribution in [0.15, 0.2) is 0 Å². The van der Waals surface area contributed by atoms with Crippen molar-refractivity contribution in [1.29, 1.82) is 0 Å². The van der Waals surface area contributed by atoms with E-state index < -0.39 is 0 Å². The molecule has 0 spiro atoms. The Morgan fingerprint density at radius 1 is 1.26 bits per heavy atom. The molecule has 0 radical (unpaired) electrons. The van der Waals surface area contributed by atoms with Crippen LogP contribution in [0.4, 0.5) is 0 Å². The number of unbranched alkanes of at least 4 members (excludes halogenated alkanes) is 4. The normalized spacial score (nSPS) is 24.3. The lowest BCUT2D eigenvalue weighted by atomic mass is 9.89. The number of nitrogens with zero attached hydrogens (tertiary/aromatic N) is 1. The molecule has 2 N–H and O–H groups in total. The van der Waals surface area contributed by atoms with Gasteiger partial charge in [-0.3, -0.25) is 4.90 Å². The number of likely N-dealkylation sites (tertiary alicyclic amines) is 1. The molecule has 1 fully saturated rings. The molecule has 0 amide bonds. The van der Waals surface area contributed by atoms with Gasteiger partial charge in [0.25, 0.3) is 0 Å². The van der Waals surface area contributed by atoms with Gasteiger partial charge in [-0.25, -0.2) is 0 Å². The summed E-state index contributed by atoms with van der Waals surface area (Å²) in [6.45, 7) is 7.60. The van der Waals surface area contributed by atoms with Gasteiger partial charge in [-0.2, -0.15) is 0 Å². The summed E-state index contributed by atoms with van der Waals surface area (Å²) in [4.78, 5) is 2.57. The van der Waals surface area contributed by atoms with Crippen molar-refractivity contribution in [1.82, 2.24) is 4.90 Å². The Morgan fingerprint density at radius 3 is 2.63 bits per heavy atom. The highest BCUT2D eigenvalue weighted by atomic mass is 16.5. The minimum Gasteiger partial charge on any atom is -0.380 e. The molecule has 1 rings (SSSR count). The Hall–Kier alpha value is -0.120. The molecule has 0 aromatic carbocycles. The van der Waals surface area contributed by atoms with Gasteiger partial charge < -0.3 is 10.5 Å². The maximum Gasteiger partial charge on any atom is 0.0698 e. The van der Waals surface area contributed by atoms with Crippen LogP contribution < -0.4 is 5.73 Å². The van der Waals surface area contributed by atoms with Crippen LogP contribution in [0.5, 0.6) is 0 Å². The van der Waals surface area contributed by atoms with Crippen LogP contribution >= 0.6 is 0 Å². The third kappa shape index (κ3) is 5.41. The van der Waals surface area contributed by atoms with Gasteiger partial charge in [0.1, 0.15) is 0 Å². The lowest BCUT2D eigenvalue weighted by molar-refractivity contribution is -0.0148. The third-order valence-corrected chi connectivity index (χ3v) is 4.73. The second kappa shape index (κ2) is 8.93. The molecule has 0 aromatic rings. The largest absolute Gasteiger partial charge is 0.380 e. The second-order valence-electron chi connectivity index (χ2n) is 6.31. The molecule has 1 aliphatic heterocycles. The minimum atomic E-state index is 0.170. The molecule has 3 heteroatoms. The molecule has 0 aliphatic carbocycles. The van der Waals surface area contributed by atoms with Gasteiger partial charge in [-0.05, 0) is 32.7 Å². The summed E-state index contributed by atoms with van der Waals surface area (Å²) in [7, 11) is 1.83. The predicted molar refractivity (Wildman–Crippen MR) is 82.4 cm³/mol. The van der Waals surface area contributed by atoms with E-state index in [1.165, 1.54) is 57.9 Å². The number of piperidine rings is 1. The molecule has 1 saturated heterocycles. The summed E-state index contributed by atoms with van der Waals surface area (Å²) in [6.07, 6.45) is 10.8. The van der Waals surface area contributed by atoms with Crippen LogP contribution in [0.25, 0.3) is 0 Å². The molecule has 3 nitrogen and oxygen atoms in total. The molecule has 0 saturated carbocycles. The fraction of sp³-hybridized carbons (Fsp3) is 1.00. The number of nitrogens with two attached hydrogens (primary N) is 1. The summed E-state index contributed by atoms with van der Waals surface area (Å²) in [5, 5.41) is 0. The first-order valence-electron chi connectivity index (χ1n) is 8.14. The lowest BCUT2D eigenvalue weighted by Gasteiger charge is -2.45. The minimum absolute atomic E-state index is 0.170. The molecule has 114 valence electrons. The van der Waals surface area contributed by atoms with Crippen molar-refractivity contribution in [3.8, 4) is 0 Å². The van der Waals surface area contributed by atoms with Gasteiger partial charge >= 0.3 is 0 Å². The number of ether oxygens (including phenoxy) is 1. The smallest absolute Gasteiger partial charge is 0.0698 e. The third-order valence-electron chi connectivity index (χ3n) is 4.73. The van der Waals surface area contributed by atoms with Crippen LogP contribution in [0.1, 0.15) is 65.2 Å². The number of rotatable bonds is 9. The van der Waals surface area contributed by atoms with Crippen molar-refractivity contribution in [2.75, 3.05) is 26.7 Å². The van der Waals surface area contributed by atoms with E-state index in [0.717, 1.165) is 13.1 Å². The van der Waals surface area contributed by atoms with Gasteiger partial charge in [0, 0.05) is 25.7 Å². The monoisotopic (exact) mass is 270 g/mol. The number of methoxy groups -OCH3 is 1. The molecule has 0 bridgehead atoms. The Labute approximate surface area is 119 Å². The quantitative estimate of drug-likeness (QED) is 0.654. The Bertz CT molecular complexity index is 235. The maximum absolute atomic E-state index is 6.08. The van der Waals surface area contributed by atoms with Crippen molar-refractivity contribution in [2.45, 2.75) is 76.9 Å². The topological polar surface area (TPSA) is 38.5 Å². The van der Waals surface area contributed by atoms with Crippen molar-refractivity contribution in [3.05, 3.63) is 0 Å².